The molecule has 2 aromatic rings. The minimum absolute atomic E-state index is 0.118. The number of likely N-dealkylation sites (N-methyl/N-ethyl adjacent to an activating group) is 2. The third kappa shape index (κ3) is 5.49. The lowest BCUT2D eigenvalue weighted by molar-refractivity contribution is 0.429. The van der Waals surface area contributed by atoms with E-state index in [1.165, 1.54) is 12.1 Å². The summed E-state index contributed by atoms with van der Waals surface area (Å²) in [5.41, 5.74) is -0.860. The van der Waals surface area contributed by atoms with Gasteiger partial charge < -0.3 is 10.6 Å². The van der Waals surface area contributed by atoms with Crippen molar-refractivity contribution in [3.05, 3.63) is 51.4 Å². The molecule has 0 radical (unpaired) electrons. The number of rotatable bonds is 9. The maximum Gasteiger partial charge on any atom is 0.301 e. The number of anilines is 3. The van der Waals surface area contributed by atoms with Gasteiger partial charge in [-0.25, -0.2) is 13.2 Å². The fraction of sp³-hybridized carbons (Fsp3) is 0.294. The van der Waals surface area contributed by atoms with Crippen molar-refractivity contribution in [1.82, 2.24) is 9.62 Å². The van der Waals surface area contributed by atoms with Crippen molar-refractivity contribution >= 4 is 49.9 Å². The number of benzene rings is 2. The van der Waals surface area contributed by atoms with E-state index in [0.717, 1.165) is 16.4 Å². The molecule has 0 aliphatic heterocycles. The summed E-state index contributed by atoms with van der Waals surface area (Å²) in [6, 6.07) is 6.01. The van der Waals surface area contributed by atoms with Gasteiger partial charge in [-0.1, -0.05) is 6.92 Å². The van der Waals surface area contributed by atoms with Crippen LogP contribution < -0.4 is 15.4 Å². The molecule has 0 bridgehead atoms. The van der Waals surface area contributed by atoms with Gasteiger partial charge in [-0.05, 0) is 60.0 Å². The van der Waals surface area contributed by atoms with Crippen molar-refractivity contribution in [3.63, 3.8) is 0 Å². The molecule has 0 unspecified atom stereocenters. The second-order valence-electron chi connectivity index (χ2n) is 5.74. The quantitative estimate of drug-likeness (QED) is 0.435. The van der Waals surface area contributed by atoms with Crippen LogP contribution in [0.25, 0.3) is 0 Å². The smallest absolute Gasteiger partial charge is 0.301 e. The Morgan fingerprint density at radius 2 is 1.75 bits per heavy atom. The van der Waals surface area contributed by atoms with Gasteiger partial charge in [-0.2, -0.15) is 12.7 Å². The van der Waals surface area contributed by atoms with Gasteiger partial charge in [0.05, 0.1) is 11.4 Å². The van der Waals surface area contributed by atoms with Gasteiger partial charge in [0, 0.05) is 23.2 Å². The third-order valence-corrected chi connectivity index (χ3v) is 6.10. The monoisotopic (exact) mass is 528 g/mol. The van der Waals surface area contributed by atoms with Crippen LogP contribution in [0, 0.1) is 21.0 Å². The van der Waals surface area contributed by atoms with E-state index in [1.807, 2.05) is 22.6 Å². The Balaban J connectivity index is 2.41. The van der Waals surface area contributed by atoms with Gasteiger partial charge in [0.1, 0.15) is 11.5 Å². The van der Waals surface area contributed by atoms with Crippen molar-refractivity contribution < 1.29 is 21.6 Å². The SMILES string of the molecule is CCN(CCNC)S(=O)(=O)Nc1ccc(F)c(F)c1Nc1ccc(I)cc1F. The first-order valence-corrected chi connectivity index (χ1v) is 10.8. The molecule has 0 fully saturated rings. The van der Waals surface area contributed by atoms with Gasteiger partial charge in [0.25, 0.3) is 0 Å². The Morgan fingerprint density at radius 1 is 1.07 bits per heavy atom. The molecular formula is C17H20F3IN4O2S. The first-order chi connectivity index (χ1) is 13.2. The van der Waals surface area contributed by atoms with Gasteiger partial charge in [-0.15, -0.1) is 0 Å². The van der Waals surface area contributed by atoms with Crippen LogP contribution in [-0.4, -0.2) is 39.4 Å². The number of nitrogens with zero attached hydrogens (tertiary/aromatic N) is 1. The highest BCUT2D eigenvalue weighted by atomic mass is 127. The van der Waals surface area contributed by atoms with Crippen molar-refractivity contribution in [1.29, 1.82) is 0 Å². The zero-order chi connectivity index (χ0) is 20.9. The van der Waals surface area contributed by atoms with Crippen molar-refractivity contribution in [2.75, 3.05) is 36.7 Å². The molecule has 0 atom stereocenters. The van der Waals surface area contributed by atoms with E-state index in [4.69, 9.17) is 0 Å². The largest absolute Gasteiger partial charge is 0.349 e. The van der Waals surface area contributed by atoms with Crippen LogP contribution in [0.4, 0.5) is 30.2 Å². The maximum atomic E-state index is 14.4. The average Bonchev–Trinajstić information content (AvgIpc) is 2.63. The fourth-order valence-corrected chi connectivity index (χ4v) is 4.07. The first-order valence-electron chi connectivity index (χ1n) is 8.32. The molecule has 2 aromatic carbocycles. The van der Waals surface area contributed by atoms with Crippen LogP contribution in [0.5, 0.6) is 0 Å². The van der Waals surface area contributed by atoms with Gasteiger partial charge >= 0.3 is 10.2 Å². The van der Waals surface area contributed by atoms with Gasteiger partial charge in [-0.3, -0.25) is 4.72 Å². The third-order valence-electron chi connectivity index (χ3n) is 3.83. The van der Waals surface area contributed by atoms with E-state index >= 15 is 0 Å². The summed E-state index contributed by atoms with van der Waals surface area (Å²) in [5, 5.41) is 5.29. The highest BCUT2D eigenvalue weighted by molar-refractivity contribution is 14.1. The van der Waals surface area contributed by atoms with Crippen molar-refractivity contribution in [3.8, 4) is 0 Å². The molecule has 0 aromatic heterocycles. The maximum absolute atomic E-state index is 14.4. The Kier molecular flexibility index (Phi) is 7.92. The molecule has 3 N–H and O–H groups in total. The number of hydrogen-bond donors (Lipinski definition) is 3. The second-order valence-corrected chi connectivity index (χ2v) is 8.65. The Hall–Kier alpha value is -1.57. The molecule has 0 aliphatic rings. The summed E-state index contributed by atoms with van der Waals surface area (Å²) >= 11 is 1.91. The molecule has 0 saturated carbocycles. The average molecular weight is 528 g/mol. The lowest BCUT2D eigenvalue weighted by Crippen LogP contribution is -2.39. The Morgan fingerprint density at radius 3 is 2.36 bits per heavy atom. The molecule has 0 amide bonds. The fourth-order valence-electron chi connectivity index (χ4n) is 2.37. The summed E-state index contributed by atoms with van der Waals surface area (Å²) in [6.07, 6.45) is 0. The normalized spacial score (nSPS) is 11.7. The van der Waals surface area contributed by atoms with E-state index in [9.17, 15) is 21.6 Å². The van der Waals surface area contributed by atoms with Crippen LogP contribution in [0.1, 0.15) is 6.92 Å². The van der Waals surface area contributed by atoms with E-state index in [-0.39, 0.29) is 24.5 Å². The van der Waals surface area contributed by atoms with E-state index in [2.05, 4.69) is 15.4 Å². The lowest BCUT2D eigenvalue weighted by Gasteiger charge is -2.23. The number of nitrogens with one attached hydrogen (secondary N) is 3. The predicted molar refractivity (Wildman–Crippen MR) is 112 cm³/mol. The molecule has 0 saturated heterocycles. The standard InChI is InChI=1S/C17H20F3IN4O2S/c1-3-25(9-8-22-2)28(26,27)24-15-7-5-12(18)16(20)17(15)23-14-6-4-11(21)10-13(14)19/h4-7,10,22-24H,3,8-9H2,1-2H3. The van der Waals surface area contributed by atoms with Gasteiger partial charge in [0.2, 0.25) is 0 Å². The van der Waals surface area contributed by atoms with E-state index < -0.39 is 33.3 Å². The lowest BCUT2D eigenvalue weighted by atomic mass is 10.2. The molecule has 0 spiro atoms. The molecule has 0 heterocycles. The zero-order valence-corrected chi connectivity index (χ0v) is 18.2. The summed E-state index contributed by atoms with van der Waals surface area (Å²) in [6.45, 7) is 2.42. The molecule has 28 heavy (non-hydrogen) atoms. The van der Waals surface area contributed by atoms with Crippen LogP contribution in [0.15, 0.2) is 30.3 Å². The van der Waals surface area contributed by atoms with Crippen LogP contribution in [0.3, 0.4) is 0 Å². The number of halogens is 4. The van der Waals surface area contributed by atoms with Gasteiger partial charge in [0.15, 0.2) is 11.6 Å². The molecule has 154 valence electrons. The van der Waals surface area contributed by atoms with Crippen LogP contribution in [0.2, 0.25) is 0 Å². The molecular weight excluding hydrogens is 508 g/mol. The molecule has 6 nitrogen and oxygen atoms in total. The topological polar surface area (TPSA) is 73.5 Å². The summed E-state index contributed by atoms with van der Waals surface area (Å²) in [7, 11) is -2.36. The zero-order valence-electron chi connectivity index (χ0n) is 15.2. The Bertz CT molecular complexity index is 944. The van der Waals surface area contributed by atoms with E-state index in [1.54, 1.807) is 20.0 Å². The summed E-state index contributed by atoms with van der Waals surface area (Å²) in [4.78, 5) is 0. The predicted octanol–water partition coefficient (Wildman–Crippen LogP) is 3.65. The van der Waals surface area contributed by atoms with Crippen LogP contribution >= 0.6 is 22.6 Å². The first kappa shape index (κ1) is 22.7. The highest BCUT2D eigenvalue weighted by Crippen LogP contribution is 2.32. The molecule has 11 heteroatoms. The van der Waals surface area contributed by atoms with E-state index in [0.29, 0.717) is 10.1 Å². The summed E-state index contributed by atoms with van der Waals surface area (Å²) < 4.78 is 71.5. The highest BCUT2D eigenvalue weighted by Gasteiger charge is 2.23. The molecule has 2 rings (SSSR count). The molecule has 0 aliphatic carbocycles. The van der Waals surface area contributed by atoms with Crippen molar-refractivity contribution in [2.24, 2.45) is 0 Å². The summed E-state index contributed by atoms with van der Waals surface area (Å²) in [5.74, 6) is -3.20. The minimum atomic E-state index is -4.04. The Labute approximate surface area is 175 Å². The number of hydrogen-bond acceptors (Lipinski definition) is 4. The minimum Gasteiger partial charge on any atom is -0.349 e. The van der Waals surface area contributed by atoms with Crippen LogP contribution in [-0.2, 0) is 10.2 Å². The second kappa shape index (κ2) is 9.76. The van der Waals surface area contributed by atoms with Crippen molar-refractivity contribution in [2.45, 2.75) is 6.92 Å².